The number of anilines is 4. The van der Waals surface area contributed by atoms with Crippen LogP contribution in [0.15, 0.2) is 60.9 Å². The summed E-state index contributed by atoms with van der Waals surface area (Å²) in [5.74, 6) is 6.86. The summed E-state index contributed by atoms with van der Waals surface area (Å²) in [7, 11) is 0. The van der Waals surface area contributed by atoms with E-state index in [4.69, 9.17) is 0 Å². The molecule has 5 aromatic rings. The highest BCUT2D eigenvalue weighted by molar-refractivity contribution is 7.22. The highest BCUT2D eigenvalue weighted by Gasteiger charge is 2.28. The number of aryl methyl sites for hydroxylation is 2. The lowest BCUT2D eigenvalue weighted by Gasteiger charge is -2.28. The Labute approximate surface area is 306 Å². The van der Waals surface area contributed by atoms with Gasteiger partial charge < -0.3 is 15.3 Å². The van der Waals surface area contributed by atoms with Crippen molar-refractivity contribution in [1.29, 1.82) is 0 Å². The van der Waals surface area contributed by atoms with Crippen LogP contribution in [0.5, 0.6) is 0 Å². The van der Waals surface area contributed by atoms with Crippen molar-refractivity contribution >= 4 is 60.8 Å². The Morgan fingerprint density at radius 2 is 1.98 bits per heavy atom. The van der Waals surface area contributed by atoms with E-state index < -0.39 is 5.97 Å². The van der Waals surface area contributed by atoms with Crippen LogP contribution in [-0.2, 0) is 19.3 Å². The number of rotatable bonds is 14. The predicted molar refractivity (Wildman–Crippen MR) is 205 cm³/mol. The molecule has 1 atom stereocenters. The van der Waals surface area contributed by atoms with Crippen LogP contribution >= 0.6 is 22.7 Å². The number of aromatic nitrogens is 4. The molecule has 0 bridgehead atoms. The number of unbranched alkanes of at least 4 members (excludes halogenated alkanes) is 2. The number of carboxylic acids is 1. The van der Waals surface area contributed by atoms with E-state index in [0.29, 0.717) is 70.9 Å². The zero-order valence-electron chi connectivity index (χ0n) is 29.0. The van der Waals surface area contributed by atoms with Gasteiger partial charge in [-0.3, -0.25) is 0 Å². The van der Waals surface area contributed by atoms with Gasteiger partial charge in [-0.1, -0.05) is 54.9 Å². The third kappa shape index (κ3) is 8.89. The Hall–Kier alpha value is -4.88. The Kier molecular flexibility index (Phi) is 11.9. The van der Waals surface area contributed by atoms with E-state index in [-0.39, 0.29) is 11.5 Å². The third-order valence-corrected chi connectivity index (χ3v) is 11.1. The lowest BCUT2D eigenvalue weighted by Crippen LogP contribution is -2.27. The first-order valence-electron chi connectivity index (χ1n) is 17.4. The van der Waals surface area contributed by atoms with Crippen LogP contribution in [0.2, 0.25) is 0 Å². The number of benzene rings is 2. The molecule has 0 aliphatic carbocycles. The normalized spacial score (nSPS) is 12.9. The number of carboxylic acid groups (broad SMARTS) is 1. The highest BCUT2D eigenvalue weighted by atomic mass is 32.1. The molecule has 11 heteroatoms. The van der Waals surface area contributed by atoms with Crippen LogP contribution in [0, 0.1) is 30.5 Å². The zero-order valence-corrected chi connectivity index (χ0v) is 30.6. The number of aromatic carboxylic acids is 1. The van der Waals surface area contributed by atoms with Crippen LogP contribution in [0.25, 0.3) is 10.2 Å². The molecule has 0 saturated carbocycles. The molecule has 0 amide bonds. The number of fused-ring (bicyclic) bond motifs is 2. The standard InChI is InChI=1S/C40H41FN6O2S2/c1-4-5-6-7-14-26(2)15-12-16-28-22-23-29(31(41)25-28)17-8-10-21-34-35(38(48)49)43-40(51-34)47-24-13-18-30-27(3)36(45-46-37(30)47)44-39-42-32-19-9-11-20-33(32)50-39/h5,9,11,19-20,22-23,25-26H,1,6-8,10,13-15,17-18,21,24H2,2-3H3,(H,48,49)(H,42,44,45). The average molecular weight is 721 g/mol. The molecule has 51 heavy (non-hydrogen) atoms. The molecule has 2 aromatic carbocycles. The first-order valence-corrected chi connectivity index (χ1v) is 19.0. The summed E-state index contributed by atoms with van der Waals surface area (Å²) in [4.78, 5) is 24.2. The van der Waals surface area contributed by atoms with Crippen molar-refractivity contribution in [3.05, 3.63) is 99.5 Å². The number of nitrogens with one attached hydrogen (secondary N) is 1. The van der Waals surface area contributed by atoms with Gasteiger partial charge in [0.2, 0.25) is 0 Å². The fourth-order valence-corrected chi connectivity index (χ4v) is 8.22. The van der Waals surface area contributed by atoms with Crippen LogP contribution in [0.4, 0.5) is 26.3 Å². The Morgan fingerprint density at radius 1 is 1.14 bits per heavy atom. The summed E-state index contributed by atoms with van der Waals surface area (Å²) in [6, 6.07) is 13.2. The van der Waals surface area contributed by atoms with Crippen molar-refractivity contribution in [2.75, 3.05) is 16.8 Å². The van der Waals surface area contributed by atoms with Gasteiger partial charge in [0.05, 0.1) is 10.2 Å². The van der Waals surface area contributed by atoms with Crippen molar-refractivity contribution in [2.45, 2.75) is 78.1 Å². The molecule has 8 nitrogen and oxygen atoms in total. The highest BCUT2D eigenvalue weighted by Crippen LogP contribution is 2.39. The van der Waals surface area contributed by atoms with Crippen molar-refractivity contribution in [3.8, 4) is 11.8 Å². The van der Waals surface area contributed by atoms with Crippen molar-refractivity contribution in [2.24, 2.45) is 5.92 Å². The molecule has 0 radical (unpaired) electrons. The van der Waals surface area contributed by atoms with E-state index in [0.717, 1.165) is 65.0 Å². The lowest BCUT2D eigenvalue weighted by atomic mass is 10.0. The number of halogens is 1. The average Bonchev–Trinajstić information content (AvgIpc) is 3.74. The van der Waals surface area contributed by atoms with Gasteiger partial charge in [0.1, 0.15) is 5.82 Å². The summed E-state index contributed by atoms with van der Waals surface area (Å²) >= 11 is 2.95. The number of hydrogen-bond donors (Lipinski definition) is 2. The van der Waals surface area contributed by atoms with Crippen molar-refractivity contribution in [1.82, 2.24) is 20.2 Å². The summed E-state index contributed by atoms with van der Waals surface area (Å²) in [6.45, 7) is 8.47. The molecular formula is C40H41FN6O2S2. The summed E-state index contributed by atoms with van der Waals surface area (Å²) < 4.78 is 16.0. The molecule has 6 rings (SSSR count). The number of allylic oxidation sites excluding steroid dienone is 1. The fourth-order valence-electron chi connectivity index (χ4n) is 6.23. The Balaban J connectivity index is 1.07. The first kappa shape index (κ1) is 35.9. The minimum atomic E-state index is -1.05. The lowest BCUT2D eigenvalue weighted by molar-refractivity contribution is 0.0690. The van der Waals surface area contributed by atoms with Gasteiger partial charge in [-0.05, 0) is 107 Å². The van der Waals surface area contributed by atoms with Gasteiger partial charge in [0.25, 0.3) is 0 Å². The summed E-state index contributed by atoms with van der Waals surface area (Å²) in [5, 5.41) is 23.8. The van der Waals surface area contributed by atoms with Crippen LogP contribution < -0.4 is 10.2 Å². The number of para-hydroxylation sites is 1. The summed E-state index contributed by atoms with van der Waals surface area (Å²) in [6.07, 6.45) is 10.1. The van der Waals surface area contributed by atoms with E-state index in [9.17, 15) is 14.3 Å². The second-order valence-corrected chi connectivity index (χ2v) is 15.0. The zero-order chi connectivity index (χ0) is 35.7. The van der Waals surface area contributed by atoms with E-state index >= 15 is 0 Å². The number of thiazole rings is 2. The molecule has 2 N–H and O–H groups in total. The minimum Gasteiger partial charge on any atom is -0.476 e. The smallest absolute Gasteiger partial charge is 0.355 e. The Morgan fingerprint density at radius 3 is 2.78 bits per heavy atom. The maximum atomic E-state index is 14.9. The predicted octanol–water partition coefficient (Wildman–Crippen LogP) is 9.97. The second kappa shape index (κ2) is 16.9. The van der Waals surface area contributed by atoms with E-state index in [2.05, 4.69) is 56.6 Å². The molecule has 262 valence electrons. The van der Waals surface area contributed by atoms with Crippen LogP contribution in [0.1, 0.15) is 89.5 Å². The van der Waals surface area contributed by atoms with Gasteiger partial charge in [0, 0.05) is 34.5 Å². The molecule has 0 spiro atoms. The van der Waals surface area contributed by atoms with E-state index in [1.165, 1.54) is 17.4 Å². The number of hydrogen-bond acceptors (Lipinski definition) is 9. The minimum absolute atomic E-state index is 0.0676. The molecular weight excluding hydrogens is 680 g/mol. The second-order valence-electron chi connectivity index (χ2n) is 12.9. The van der Waals surface area contributed by atoms with Crippen LogP contribution in [0.3, 0.4) is 0 Å². The van der Waals surface area contributed by atoms with Crippen LogP contribution in [-0.4, -0.2) is 37.8 Å². The van der Waals surface area contributed by atoms with Crippen molar-refractivity contribution < 1.29 is 14.3 Å². The molecule has 1 aliphatic heterocycles. The maximum Gasteiger partial charge on any atom is 0.355 e. The van der Waals surface area contributed by atoms with E-state index in [1.54, 1.807) is 11.3 Å². The monoisotopic (exact) mass is 720 g/mol. The van der Waals surface area contributed by atoms with Gasteiger partial charge in [-0.2, -0.15) is 0 Å². The quantitative estimate of drug-likeness (QED) is 0.0664. The molecule has 0 fully saturated rings. The van der Waals surface area contributed by atoms with E-state index in [1.807, 2.05) is 54.3 Å². The molecule has 1 unspecified atom stereocenters. The van der Waals surface area contributed by atoms with Gasteiger partial charge in [0.15, 0.2) is 27.6 Å². The first-order chi connectivity index (χ1) is 24.8. The van der Waals surface area contributed by atoms with Gasteiger partial charge in [-0.15, -0.1) is 27.3 Å². The maximum absolute atomic E-state index is 14.9. The molecule has 3 aromatic heterocycles. The van der Waals surface area contributed by atoms with Gasteiger partial charge in [-0.25, -0.2) is 19.2 Å². The topological polar surface area (TPSA) is 104 Å². The SMILES string of the molecule is C=C=CCCCC(C)CC#Cc1ccc(CCCCc2sc(N3CCCc4c3nnc(Nc3nc5ccccc5s3)c4C)nc2C(=O)O)c(F)c1. The summed E-state index contributed by atoms with van der Waals surface area (Å²) in [5.41, 5.74) is 7.18. The van der Waals surface area contributed by atoms with Crippen molar-refractivity contribution in [3.63, 3.8) is 0 Å². The Bertz CT molecular complexity index is 2110. The third-order valence-electron chi connectivity index (χ3n) is 9.05. The number of carbonyl (C=O) groups is 1. The molecule has 0 saturated heterocycles. The molecule has 1 aliphatic rings. The fraction of sp³-hybridized carbons (Fsp3) is 0.350. The largest absolute Gasteiger partial charge is 0.476 e. The molecule has 4 heterocycles. The van der Waals surface area contributed by atoms with Gasteiger partial charge >= 0.3 is 5.97 Å². The number of nitrogens with zero attached hydrogens (tertiary/aromatic N) is 5.